The van der Waals surface area contributed by atoms with Crippen molar-refractivity contribution in [1.29, 1.82) is 0 Å². The number of carbonyl (C=O) groups excluding carboxylic acids is 1. The molecule has 156 valence electrons. The first-order chi connectivity index (χ1) is 12.4. The molecule has 6 nitrogen and oxygen atoms in total. The molecular weight excluding hydrogens is 453 g/mol. The average Bonchev–Trinajstić information content (AvgIpc) is 2.61. The molecule has 1 saturated heterocycles. The van der Waals surface area contributed by atoms with E-state index in [9.17, 15) is 4.79 Å². The lowest BCUT2D eigenvalue weighted by Gasteiger charge is -2.37. The molecule has 7 heteroatoms. The Hall–Kier alpha value is -1.09. The van der Waals surface area contributed by atoms with E-state index in [0.29, 0.717) is 12.0 Å². The van der Waals surface area contributed by atoms with Crippen LogP contribution in [0, 0.1) is 5.92 Å². The molecule has 0 aromatic heterocycles. The molecule has 0 saturated carbocycles. The van der Waals surface area contributed by atoms with E-state index < -0.39 is 0 Å². The van der Waals surface area contributed by atoms with Crippen molar-refractivity contribution in [2.45, 2.75) is 33.7 Å². The van der Waals surface area contributed by atoms with Gasteiger partial charge in [0.05, 0.1) is 6.54 Å². The highest BCUT2D eigenvalue weighted by atomic mass is 127. The number of amides is 1. The summed E-state index contributed by atoms with van der Waals surface area (Å²) in [6.45, 7) is 22.3. The zero-order chi connectivity index (χ0) is 19.5. The molecule has 1 fully saturated rings. The molecule has 1 heterocycles. The number of hydrogen-bond acceptors (Lipinski definition) is 3. The molecule has 0 radical (unpaired) electrons. The van der Waals surface area contributed by atoms with Crippen molar-refractivity contribution in [3.63, 3.8) is 0 Å². The number of guanidine groups is 1. The molecule has 1 amide bonds. The average molecular weight is 491 g/mol. The van der Waals surface area contributed by atoms with E-state index in [-0.39, 0.29) is 29.9 Å². The fourth-order valence-corrected chi connectivity index (χ4v) is 3.26. The predicted molar refractivity (Wildman–Crippen MR) is 126 cm³/mol. The van der Waals surface area contributed by atoms with Gasteiger partial charge in [-0.3, -0.25) is 14.7 Å². The van der Waals surface area contributed by atoms with Crippen LogP contribution in [-0.4, -0.2) is 85.0 Å². The Bertz CT molecular complexity index is 477. The van der Waals surface area contributed by atoms with Crippen LogP contribution in [0.3, 0.4) is 0 Å². The highest BCUT2D eigenvalue weighted by molar-refractivity contribution is 14.0. The summed E-state index contributed by atoms with van der Waals surface area (Å²) >= 11 is 0. The standard InChI is InChI=1S/C20H37N5O.HI/c1-7-10-24(11-8-2)19(17(4)5)16-22-20(21-9-3)25-14-12-23(13-15-25)18(6)26;/h7-8,17,19H,1-2,9-16H2,3-6H3,(H,21,22);1H. The van der Waals surface area contributed by atoms with Crippen LogP contribution in [0.25, 0.3) is 0 Å². The van der Waals surface area contributed by atoms with Crippen molar-refractivity contribution < 1.29 is 4.79 Å². The fourth-order valence-electron chi connectivity index (χ4n) is 3.26. The maximum Gasteiger partial charge on any atom is 0.219 e. The Labute approximate surface area is 182 Å². The van der Waals surface area contributed by atoms with Crippen molar-refractivity contribution in [2.75, 3.05) is 52.4 Å². The third-order valence-electron chi connectivity index (χ3n) is 4.75. The monoisotopic (exact) mass is 491 g/mol. The van der Waals surface area contributed by atoms with Crippen LogP contribution in [0.5, 0.6) is 0 Å². The molecule has 1 N–H and O–H groups in total. The van der Waals surface area contributed by atoms with E-state index >= 15 is 0 Å². The topological polar surface area (TPSA) is 51.2 Å². The van der Waals surface area contributed by atoms with Gasteiger partial charge in [-0.2, -0.15) is 0 Å². The van der Waals surface area contributed by atoms with Gasteiger partial charge in [0, 0.05) is 58.8 Å². The Morgan fingerprint density at radius 2 is 1.67 bits per heavy atom. The first-order valence-corrected chi connectivity index (χ1v) is 9.69. The molecule has 1 rings (SSSR count). The van der Waals surface area contributed by atoms with Gasteiger partial charge in [-0.1, -0.05) is 26.0 Å². The first-order valence-electron chi connectivity index (χ1n) is 9.69. The molecule has 0 aliphatic carbocycles. The van der Waals surface area contributed by atoms with E-state index in [1.807, 2.05) is 17.1 Å². The van der Waals surface area contributed by atoms with Gasteiger partial charge in [-0.25, -0.2) is 0 Å². The van der Waals surface area contributed by atoms with E-state index in [2.05, 4.69) is 49.0 Å². The molecule has 1 aliphatic rings. The second kappa shape index (κ2) is 14.0. The zero-order valence-corrected chi connectivity index (χ0v) is 19.8. The number of halogens is 1. The van der Waals surface area contributed by atoms with Crippen LogP contribution in [0.1, 0.15) is 27.7 Å². The summed E-state index contributed by atoms with van der Waals surface area (Å²) in [4.78, 5) is 23.0. The number of hydrogen-bond donors (Lipinski definition) is 1. The number of nitrogens with zero attached hydrogens (tertiary/aromatic N) is 4. The maximum atomic E-state index is 11.5. The first kappa shape index (κ1) is 25.9. The summed E-state index contributed by atoms with van der Waals surface area (Å²) in [7, 11) is 0. The van der Waals surface area contributed by atoms with E-state index in [0.717, 1.165) is 58.3 Å². The van der Waals surface area contributed by atoms with Gasteiger partial charge in [0.2, 0.25) is 5.91 Å². The molecule has 27 heavy (non-hydrogen) atoms. The minimum Gasteiger partial charge on any atom is -0.357 e. The zero-order valence-electron chi connectivity index (χ0n) is 17.5. The van der Waals surface area contributed by atoms with Crippen molar-refractivity contribution >= 4 is 35.8 Å². The number of nitrogens with one attached hydrogen (secondary N) is 1. The van der Waals surface area contributed by atoms with Crippen molar-refractivity contribution in [1.82, 2.24) is 20.0 Å². The van der Waals surface area contributed by atoms with Gasteiger partial charge in [-0.15, -0.1) is 37.1 Å². The second-order valence-electron chi connectivity index (χ2n) is 7.03. The van der Waals surface area contributed by atoms with Crippen LogP contribution in [-0.2, 0) is 4.79 Å². The van der Waals surface area contributed by atoms with Crippen LogP contribution in [0.2, 0.25) is 0 Å². The summed E-state index contributed by atoms with van der Waals surface area (Å²) in [5.74, 6) is 1.57. The fraction of sp³-hybridized carbons (Fsp3) is 0.700. The molecule has 1 aliphatic heterocycles. The summed E-state index contributed by atoms with van der Waals surface area (Å²) in [5.41, 5.74) is 0. The SMILES string of the molecule is C=CCN(CC=C)C(CN=C(NCC)N1CCN(C(C)=O)CC1)C(C)C.I. The van der Waals surface area contributed by atoms with Gasteiger partial charge in [-0.05, 0) is 12.8 Å². The highest BCUT2D eigenvalue weighted by Crippen LogP contribution is 2.12. The quantitative estimate of drug-likeness (QED) is 0.233. The molecule has 0 bridgehead atoms. The smallest absolute Gasteiger partial charge is 0.219 e. The van der Waals surface area contributed by atoms with E-state index in [1.165, 1.54) is 0 Å². The van der Waals surface area contributed by atoms with E-state index in [4.69, 9.17) is 4.99 Å². The Morgan fingerprint density at radius 1 is 1.15 bits per heavy atom. The second-order valence-corrected chi connectivity index (χ2v) is 7.03. The normalized spacial score (nSPS) is 16.1. The molecule has 0 spiro atoms. The highest BCUT2D eigenvalue weighted by Gasteiger charge is 2.23. The number of aliphatic imine (C=N–C) groups is 1. The summed E-state index contributed by atoms with van der Waals surface area (Å²) in [6, 6.07) is 0.332. The number of piperazine rings is 1. The number of carbonyl (C=O) groups is 1. The molecule has 0 aromatic carbocycles. The molecule has 1 atom stereocenters. The van der Waals surface area contributed by atoms with Crippen molar-refractivity contribution in [2.24, 2.45) is 10.9 Å². The molecule has 0 aromatic rings. The minimum absolute atomic E-state index is 0. The Morgan fingerprint density at radius 3 is 2.07 bits per heavy atom. The van der Waals surface area contributed by atoms with Crippen molar-refractivity contribution in [3.8, 4) is 0 Å². The Balaban J connectivity index is 0.00000676. The summed E-state index contributed by atoms with van der Waals surface area (Å²) in [5, 5.41) is 3.41. The van der Waals surface area contributed by atoms with Gasteiger partial charge >= 0.3 is 0 Å². The van der Waals surface area contributed by atoms with Crippen LogP contribution < -0.4 is 5.32 Å². The molecule has 1 unspecified atom stereocenters. The maximum absolute atomic E-state index is 11.5. The minimum atomic E-state index is 0. The third kappa shape index (κ3) is 8.64. The Kier molecular flexibility index (Phi) is 13.4. The van der Waals surface area contributed by atoms with Crippen molar-refractivity contribution in [3.05, 3.63) is 25.3 Å². The van der Waals surface area contributed by atoms with E-state index in [1.54, 1.807) is 6.92 Å². The lowest BCUT2D eigenvalue weighted by Crippen LogP contribution is -2.53. The number of rotatable bonds is 9. The van der Waals surface area contributed by atoms with Gasteiger partial charge in [0.1, 0.15) is 0 Å². The lowest BCUT2D eigenvalue weighted by molar-refractivity contribution is -0.130. The largest absolute Gasteiger partial charge is 0.357 e. The van der Waals surface area contributed by atoms with Crippen LogP contribution in [0.15, 0.2) is 30.3 Å². The summed E-state index contributed by atoms with van der Waals surface area (Å²) < 4.78 is 0. The van der Waals surface area contributed by atoms with Gasteiger partial charge < -0.3 is 15.1 Å². The summed E-state index contributed by atoms with van der Waals surface area (Å²) in [6.07, 6.45) is 3.88. The van der Waals surface area contributed by atoms with Crippen LogP contribution >= 0.6 is 24.0 Å². The van der Waals surface area contributed by atoms with Gasteiger partial charge in [0.15, 0.2) is 5.96 Å². The third-order valence-corrected chi connectivity index (χ3v) is 4.75. The van der Waals surface area contributed by atoms with Gasteiger partial charge in [0.25, 0.3) is 0 Å². The van der Waals surface area contributed by atoms with Crippen LogP contribution in [0.4, 0.5) is 0 Å². The molecular formula is C20H38IN5O. The lowest BCUT2D eigenvalue weighted by atomic mass is 10.0. The predicted octanol–water partition coefficient (Wildman–Crippen LogP) is 2.43.